The van der Waals surface area contributed by atoms with Gasteiger partial charge in [-0.1, -0.05) is 12.8 Å². The molecule has 6 heteroatoms. The van der Waals surface area contributed by atoms with Crippen LogP contribution in [0.25, 0.3) is 0 Å². The number of anilines is 2. The first-order valence-corrected chi connectivity index (χ1v) is 7.53. The molecule has 0 aromatic carbocycles. The highest BCUT2D eigenvalue weighted by atomic mass is 35.5. The number of hydrogen-bond donors (Lipinski definition) is 0. The molecule has 1 fully saturated rings. The van der Waals surface area contributed by atoms with Crippen LogP contribution in [-0.4, -0.2) is 35.0 Å². The third-order valence-electron chi connectivity index (χ3n) is 4.36. The number of amides is 1. The Balaban J connectivity index is 2.10. The number of rotatable bonds is 1. The number of fused-ring (bicyclic) bond motifs is 1. The molecular weight excluding hydrogens is 276 g/mol. The van der Waals surface area contributed by atoms with Crippen molar-refractivity contribution in [3.8, 4) is 0 Å². The van der Waals surface area contributed by atoms with Crippen LogP contribution in [0.3, 0.4) is 0 Å². The van der Waals surface area contributed by atoms with Gasteiger partial charge in [0.15, 0.2) is 5.82 Å². The molecule has 1 aromatic rings. The zero-order valence-corrected chi connectivity index (χ0v) is 12.6. The van der Waals surface area contributed by atoms with Gasteiger partial charge in [0, 0.05) is 25.6 Å². The lowest BCUT2D eigenvalue weighted by Gasteiger charge is -2.34. The second kappa shape index (κ2) is 5.20. The molecule has 0 radical (unpaired) electrons. The largest absolute Gasteiger partial charge is 0.349 e. The number of halogens is 1. The van der Waals surface area contributed by atoms with Crippen LogP contribution in [0.15, 0.2) is 6.20 Å². The first kappa shape index (κ1) is 13.6. The minimum atomic E-state index is 0.102. The predicted octanol–water partition coefficient (Wildman–Crippen LogP) is 2.63. The summed E-state index contributed by atoms with van der Waals surface area (Å²) < 4.78 is 0. The monoisotopic (exact) mass is 294 g/mol. The Hall–Kier alpha value is -1.36. The molecule has 0 N–H and O–H groups in total. The van der Waals surface area contributed by atoms with E-state index in [0.29, 0.717) is 12.5 Å². The molecule has 1 atom stereocenters. The summed E-state index contributed by atoms with van der Waals surface area (Å²) in [5, 5.41) is 0.238. The highest BCUT2D eigenvalue weighted by Gasteiger charge is 2.35. The summed E-state index contributed by atoms with van der Waals surface area (Å²) in [6.07, 6.45) is 6.95. The zero-order valence-electron chi connectivity index (χ0n) is 11.8. The van der Waals surface area contributed by atoms with Gasteiger partial charge < -0.3 is 9.80 Å². The summed E-state index contributed by atoms with van der Waals surface area (Å²) in [6, 6.07) is 0.592. The van der Waals surface area contributed by atoms with Crippen LogP contribution in [-0.2, 0) is 4.79 Å². The molecule has 1 aromatic heterocycles. The van der Waals surface area contributed by atoms with Crippen LogP contribution < -0.4 is 9.80 Å². The van der Waals surface area contributed by atoms with Crippen molar-refractivity contribution in [1.29, 1.82) is 0 Å². The van der Waals surface area contributed by atoms with Gasteiger partial charge in [-0.3, -0.25) is 4.79 Å². The number of hydrogen-bond acceptors (Lipinski definition) is 4. The number of nitrogens with zero attached hydrogens (tertiary/aromatic N) is 4. The van der Waals surface area contributed by atoms with Gasteiger partial charge in [0.1, 0.15) is 5.69 Å². The van der Waals surface area contributed by atoms with Crippen LogP contribution in [0.2, 0.25) is 5.28 Å². The Morgan fingerprint density at radius 3 is 2.75 bits per heavy atom. The highest BCUT2D eigenvalue weighted by Crippen LogP contribution is 2.37. The first-order valence-electron chi connectivity index (χ1n) is 7.15. The summed E-state index contributed by atoms with van der Waals surface area (Å²) >= 11 is 5.98. The third kappa shape index (κ3) is 2.24. The average Bonchev–Trinajstić information content (AvgIpc) is 2.89. The van der Waals surface area contributed by atoms with E-state index in [4.69, 9.17) is 11.6 Å². The molecule has 108 valence electrons. The van der Waals surface area contributed by atoms with Gasteiger partial charge in [0.2, 0.25) is 11.2 Å². The van der Waals surface area contributed by atoms with Crippen molar-refractivity contribution in [3.05, 3.63) is 11.5 Å². The van der Waals surface area contributed by atoms with E-state index in [1.807, 2.05) is 0 Å². The van der Waals surface area contributed by atoms with Crippen molar-refractivity contribution in [2.45, 2.75) is 51.1 Å². The molecule has 2 heterocycles. The Morgan fingerprint density at radius 1 is 1.35 bits per heavy atom. The first-order chi connectivity index (χ1) is 9.58. The van der Waals surface area contributed by atoms with E-state index in [9.17, 15) is 4.79 Å². The molecule has 5 nitrogen and oxygen atoms in total. The van der Waals surface area contributed by atoms with Crippen LogP contribution >= 0.6 is 11.6 Å². The number of carbonyl (C=O) groups excluding carboxylic acids is 1. The Labute approximate surface area is 123 Å². The fourth-order valence-corrected chi connectivity index (χ4v) is 3.45. The van der Waals surface area contributed by atoms with E-state index in [-0.39, 0.29) is 17.2 Å². The predicted molar refractivity (Wildman–Crippen MR) is 79.3 cm³/mol. The van der Waals surface area contributed by atoms with Gasteiger partial charge in [0.25, 0.3) is 0 Å². The Bertz CT molecular complexity index is 530. The standard InChI is InChI=1S/C14H19ClN4O/c1-9-7-12(20)18(2)11-8-16-14(15)17-13(11)19(9)10-5-3-4-6-10/h8-10H,3-7H2,1-2H3. The van der Waals surface area contributed by atoms with Crippen LogP contribution in [0.1, 0.15) is 39.0 Å². The lowest BCUT2D eigenvalue weighted by molar-refractivity contribution is -0.118. The second-order valence-electron chi connectivity index (χ2n) is 5.70. The summed E-state index contributed by atoms with van der Waals surface area (Å²) in [5.74, 6) is 0.905. The number of carbonyl (C=O) groups is 1. The normalized spacial score (nSPS) is 23.9. The molecule has 0 spiro atoms. The third-order valence-corrected chi connectivity index (χ3v) is 4.55. The molecule has 1 saturated carbocycles. The molecule has 20 heavy (non-hydrogen) atoms. The molecule has 0 bridgehead atoms. The molecule has 1 aliphatic heterocycles. The van der Waals surface area contributed by atoms with Gasteiger partial charge in [-0.2, -0.15) is 4.98 Å². The van der Waals surface area contributed by atoms with Crippen molar-refractivity contribution >= 4 is 29.0 Å². The van der Waals surface area contributed by atoms with Crippen molar-refractivity contribution in [2.75, 3.05) is 16.8 Å². The maximum atomic E-state index is 12.2. The Morgan fingerprint density at radius 2 is 2.05 bits per heavy atom. The lowest BCUT2D eigenvalue weighted by Crippen LogP contribution is -2.41. The van der Waals surface area contributed by atoms with Crippen molar-refractivity contribution < 1.29 is 4.79 Å². The topological polar surface area (TPSA) is 49.3 Å². The average molecular weight is 295 g/mol. The maximum Gasteiger partial charge on any atom is 0.228 e. The molecule has 0 saturated heterocycles. The van der Waals surface area contributed by atoms with Crippen molar-refractivity contribution in [1.82, 2.24) is 9.97 Å². The fraction of sp³-hybridized carbons (Fsp3) is 0.643. The van der Waals surface area contributed by atoms with E-state index < -0.39 is 0 Å². The number of aromatic nitrogens is 2. The van der Waals surface area contributed by atoms with Crippen LogP contribution in [0, 0.1) is 0 Å². The smallest absolute Gasteiger partial charge is 0.228 e. The van der Waals surface area contributed by atoms with Crippen LogP contribution in [0.5, 0.6) is 0 Å². The van der Waals surface area contributed by atoms with E-state index in [1.165, 1.54) is 12.8 Å². The molecule has 1 aliphatic carbocycles. The fourth-order valence-electron chi connectivity index (χ4n) is 3.32. The van der Waals surface area contributed by atoms with Gasteiger partial charge in [0.05, 0.1) is 6.20 Å². The molecule has 3 rings (SSSR count). The molecule has 1 unspecified atom stereocenters. The second-order valence-corrected chi connectivity index (χ2v) is 6.04. The van der Waals surface area contributed by atoms with Crippen LogP contribution in [0.4, 0.5) is 11.5 Å². The summed E-state index contributed by atoms with van der Waals surface area (Å²) in [7, 11) is 1.78. The van der Waals surface area contributed by atoms with Crippen molar-refractivity contribution in [3.63, 3.8) is 0 Å². The molecule has 1 amide bonds. The summed E-state index contributed by atoms with van der Waals surface area (Å²) in [4.78, 5) is 24.6. The quantitative estimate of drug-likeness (QED) is 0.747. The van der Waals surface area contributed by atoms with Crippen molar-refractivity contribution in [2.24, 2.45) is 0 Å². The molecular formula is C14H19ClN4O. The minimum absolute atomic E-state index is 0.102. The highest BCUT2D eigenvalue weighted by molar-refractivity contribution is 6.28. The Kier molecular flexibility index (Phi) is 3.54. The van der Waals surface area contributed by atoms with E-state index in [2.05, 4.69) is 21.8 Å². The lowest BCUT2D eigenvalue weighted by atomic mass is 10.1. The van der Waals surface area contributed by atoms with E-state index in [0.717, 1.165) is 24.3 Å². The van der Waals surface area contributed by atoms with Gasteiger partial charge in [-0.05, 0) is 31.4 Å². The van der Waals surface area contributed by atoms with Gasteiger partial charge >= 0.3 is 0 Å². The van der Waals surface area contributed by atoms with Gasteiger partial charge in [-0.25, -0.2) is 4.98 Å². The summed E-state index contributed by atoms with van der Waals surface area (Å²) in [5.41, 5.74) is 0.760. The zero-order chi connectivity index (χ0) is 14.3. The van der Waals surface area contributed by atoms with Gasteiger partial charge in [-0.15, -0.1) is 0 Å². The maximum absolute atomic E-state index is 12.2. The van der Waals surface area contributed by atoms with E-state index >= 15 is 0 Å². The molecule has 2 aliphatic rings. The van der Waals surface area contributed by atoms with E-state index in [1.54, 1.807) is 18.1 Å². The minimum Gasteiger partial charge on any atom is -0.349 e. The SMILES string of the molecule is CC1CC(=O)N(C)c2cnc(Cl)nc2N1C1CCCC1. The summed E-state index contributed by atoms with van der Waals surface area (Å²) in [6.45, 7) is 2.09.